The lowest BCUT2D eigenvalue weighted by Gasteiger charge is -2.50. The van der Waals surface area contributed by atoms with Crippen LogP contribution in [0.3, 0.4) is 0 Å². The Balaban J connectivity index is 1.46. The highest BCUT2D eigenvalue weighted by atomic mass is 32.1. The summed E-state index contributed by atoms with van der Waals surface area (Å²) in [4.78, 5) is 29.2. The highest BCUT2D eigenvalue weighted by molar-refractivity contribution is 7.15. The number of carbonyl (C=O) groups excluding carboxylic acids is 1. The summed E-state index contributed by atoms with van der Waals surface area (Å²) in [6.07, 6.45) is -5.93. The number of pyridine rings is 1. The summed E-state index contributed by atoms with van der Waals surface area (Å²) in [6.45, 7) is 19.4. The summed E-state index contributed by atoms with van der Waals surface area (Å²) in [5, 5.41) is 33.0. The predicted octanol–water partition coefficient (Wildman–Crippen LogP) is 4.87. The fourth-order valence-corrected chi connectivity index (χ4v) is 11.6. The molecule has 0 saturated carbocycles. The van der Waals surface area contributed by atoms with Crippen LogP contribution in [0.4, 0.5) is 5.82 Å². The van der Waals surface area contributed by atoms with Gasteiger partial charge in [-0.05, 0) is 112 Å². The van der Waals surface area contributed by atoms with Crippen molar-refractivity contribution in [1.82, 2.24) is 15.2 Å². The molecule has 18 atom stereocenters. The Kier molecular flexibility index (Phi) is 18.7. The molecule has 7 N–H and O–H groups in total. The predicted molar refractivity (Wildman–Crippen MR) is 263 cm³/mol. The van der Waals surface area contributed by atoms with E-state index in [0.717, 1.165) is 15.4 Å². The van der Waals surface area contributed by atoms with Gasteiger partial charge >= 0.3 is 5.97 Å². The van der Waals surface area contributed by atoms with Gasteiger partial charge in [-0.15, -0.1) is 11.3 Å². The average molecular weight is 991 g/mol. The van der Waals surface area contributed by atoms with Crippen LogP contribution in [0.15, 0.2) is 35.5 Å². The minimum Gasteiger partial charge on any atom is -0.459 e. The lowest BCUT2D eigenvalue weighted by atomic mass is 9.78. The number of nitrogens with two attached hydrogens (primary N) is 2. The van der Waals surface area contributed by atoms with Gasteiger partial charge < -0.3 is 74.6 Å². The third-order valence-corrected chi connectivity index (χ3v) is 16.0. The molecule has 18 nitrogen and oxygen atoms in total. The van der Waals surface area contributed by atoms with Gasteiger partial charge in [0.2, 0.25) is 0 Å². The molecule has 2 aromatic heterocycles. The van der Waals surface area contributed by atoms with E-state index < -0.39 is 89.9 Å². The van der Waals surface area contributed by atoms with Crippen molar-refractivity contribution < 1.29 is 57.7 Å². The smallest absolute Gasteiger partial charge is 0.311 e. The fourth-order valence-electron chi connectivity index (χ4n) is 10.7. The van der Waals surface area contributed by atoms with Crippen LogP contribution in [0, 0.1) is 17.8 Å². The normalized spacial score (nSPS) is 41.7. The number of esters is 1. The molecule has 2 bridgehead atoms. The Hall–Kier alpha value is -2.89. The molecular weight excluding hydrogens is 909 g/mol. The quantitative estimate of drug-likeness (QED) is 0.149. The maximum atomic E-state index is 14.8. The zero-order valence-electron chi connectivity index (χ0n) is 43.1. The van der Waals surface area contributed by atoms with Gasteiger partial charge in [-0.25, -0.2) is 4.98 Å². The second-order valence-electron chi connectivity index (χ2n) is 20.9. The number of aliphatic hydroxyl groups is 2. The molecule has 0 aliphatic carbocycles. The topological polar surface area (TPSA) is 233 Å². The number of hydrogen-bond donors (Lipinski definition) is 5. The van der Waals surface area contributed by atoms with Crippen LogP contribution in [0.25, 0.3) is 10.6 Å². The van der Waals surface area contributed by atoms with Crippen LogP contribution in [-0.2, 0) is 54.1 Å². The van der Waals surface area contributed by atoms with Crippen LogP contribution in [0.1, 0.15) is 99.8 Å². The molecule has 19 heteroatoms. The largest absolute Gasteiger partial charge is 0.459 e. The summed E-state index contributed by atoms with van der Waals surface area (Å²) in [5.74, 6) is -2.08. The van der Waals surface area contributed by atoms with Crippen molar-refractivity contribution in [2.24, 2.45) is 28.6 Å². The third kappa shape index (κ3) is 13.0. The average Bonchev–Trinajstić information content (AvgIpc) is 3.77. The van der Waals surface area contributed by atoms with Crippen LogP contribution in [0.2, 0.25) is 0 Å². The number of thiophene rings is 1. The maximum absolute atomic E-state index is 14.8. The molecule has 7 heterocycles. The first-order valence-electron chi connectivity index (χ1n) is 24.7. The number of aromatic nitrogens is 1. The molecule has 390 valence electrons. The minimum absolute atomic E-state index is 0.0756. The van der Waals surface area contributed by atoms with Gasteiger partial charge in [-0.3, -0.25) is 4.79 Å². The number of oxime groups is 1. The van der Waals surface area contributed by atoms with E-state index >= 15 is 0 Å². The molecule has 0 spiro atoms. The van der Waals surface area contributed by atoms with Crippen LogP contribution in [-0.4, -0.2) is 163 Å². The number of rotatable bonds is 11. The number of likely N-dealkylation sites (N-methyl/N-ethyl adjacent to an activating group) is 1. The van der Waals surface area contributed by atoms with Gasteiger partial charge in [0.1, 0.15) is 29.3 Å². The maximum Gasteiger partial charge on any atom is 0.311 e. The van der Waals surface area contributed by atoms with E-state index in [0.29, 0.717) is 30.9 Å². The molecule has 0 aromatic carbocycles. The van der Waals surface area contributed by atoms with Crippen molar-refractivity contribution in [2.45, 2.75) is 192 Å². The van der Waals surface area contributed by atoms with Crippen LogP contribution < -0.4 is 16.8 Å². The number of ether oxygens (including phenoxy) is 8. The Bertz CT molecular complexity index is 2010. The van der Waals surface area contributed by atoms with Crippen molar-refractivity contribution in [3.63, 3.8) is 0 Å². The lowest BCUT2D eigenvalue weighted by Crippen LogP contribution is -2.62. The number of carbonyl (C=O) groups is 1. The molecule has 0 unspecified atom stereocenters. The van der Waals surface area contributed by atoms with Crippen molar-refractivity contribution in [1.29, 1.82) is 0 Å². The van der Waals surface area contributed by atoms with Crippen molar-refractivity contribution in [3.05, 3.63) is 35.2 Å². The zero-order valence-corrected chi connectivity index (χ0v) is 43.9. The van der Waals surface area contributed by atoms with E-state index in [1.165, 1.54) is 11.3 Å². The number of nitrogens with zero attached hydrogens (tertiary/aromatic N) is 3. The van der Waals surface area contributed by atoms with E-state index in [1.54, 1.807) is 27.0 Å². The van der Waals surface area contributed by atoms with Gasteiger partial charge in [0.05, 0.1) is 77.5 Å². The van der Waals surface area contributed by atoms with Crippen molar-refractivity contribution in [2.75, 3.05) is 46.7 Å². The molecule has 5 saturated heterocycles. The lowest BCUT2D eigenvalue weighted by molar-refractivity contribution is -0.313. The molecule has 5 aliphatic heterocycles. The molecule has 0 radical (unpaired) electrons. The highest BCUT2D eigenvalue weighted by Crippen LogP contribution is 2.41. The SMILES string of the molecule is CC[C@H]1OC(=O)[C@H](C)[C@@H](O[C@H]2C[C@@](C)(OC)[C@H](N)[C@H](C)O2)[C@H](C)[C@@H](O[C@@H]2O[C@H](C)C[C@H](N(C)C)[C@H]2O)[C@@]2(C)C[C@@H](C)NC[C@H](C)[C@H](OC/C(=N\OCc3ccc(-c4cccc(N)n4)s3)CO2)[C@]1(C)O. The first-order valence-corrected chi connectivity index (χ1v) is 25.5. The molecule has 5 fully saturated rings. The number of anilines is 1. The number of nitrogen functional groups attached to an aromatic ring is 1. The Morgan fingerprint density at radius 1 is 1.03 bits per heavy atom. The molecule has 5 aliphatic rings. The molecule has 0 amide bonds. The molecule has 2 aromatic rings. The van der Waals surface area contributed by atoms with Gasteiger partial charge in [0.15, 0.2) is 19.2 Å². The molecular formula is C50H82N6O12S. The Labute approximate surface area is 413 Å². The number of methoxy groups -OCH3 is 1. The van der Waals surface area contributed by atoms with Crippen LogP contribution >= 0.6 is 11.3 Å². The van der Waals surface area contributed by atoms with Gasteiger partial charge in [0.25, 0.3) is 0 Å². The zero-order chi connectivity index (χ0) is 50.6. The highest BCUT2D eigenvalue weighted by Gasteiger charge is 2.53. The fraction of sp³-hybridized carbons (Fsp3) is 0.780. The van der Waals surface area contributed by atoms with Gasteiger partial charge in [-0.1, -0.05) is 32.0 Å². The summed E-state index contributed by atoms with van der Waals surface area (Å²) in [7, 11) is 5.46. The van der Waals surface area contributed by atoms with E-state index in [2.05, 4.69) is 22.4 Å². The summed E-state index contributed by atoms with van der Waals surface area (Å²) < 4.78 is 53.4. The minimum atomic E-state index is -1.68. The van der Waals surface area contributed by atoms with Gasteiger partial charge in [-0.2, -0.15) is 0 Å². The number of hydrogen-bond acceptors (Lipinski definition) is 19. The summed E-state index contributed by atoms with van der Waals surface area (Å²) >= 11 is 1.52. The third-order valence-electron chi connectivity index (χ3n) is 14.9. The first-order chi connectivity index (χ1) is 32.5. The van der Waals surface area contributed by atoms with Crippen molar-refractivity contribution in [3.8, 4) is 10.6 Å². The van der Waals surface area contributed by atoms with E-state index in [-0.39, 0.29) is 56.8 Å². The van der Waals surface area contributed by atoms with Gasteiger partial charge in [0, 0.05) is 43.0 Å². The van der Waals surface area contributed by atoms with E-state index in [4.69, 9.17) is 54.2 Å². The summed E-state index contributed by atoms with van der Waals surface area (Å²) in [5.41, 5.74) is 10.1. The summed E-state index contributed by atoms with van der Waals surface area (Å²) in [6, 6.07) is 8.52. The van der Waals surface area contributed by atoms with Crippen molar-refractivity contribution >= 4 is 28.8 Å². The second-order valence-corrected chi connectivity index (χ2v) is 22.1. The first kappa shape index (κ1) is 55.4. The number of fused-ring (bicyclic) bond motifs is 15. The van der Waals surface area contributed by atoms with E-state index in [9.17, 15) is 15.0 Å². The Morgan fingerprint density at radius 2 is 1.77 bits per heavy atom. The Morgan fingerprint density at radius 3 is 2.45 bits per heavy atom. The molecule has 69 heavy (non-hydrogen) atoms. The number of aliphatic hydroxyl groups excluding tert-OH is 1. The second kappa shape index (κ2) is 23.3. The van der Waals surface area contributed by atoms with Crippen LogP contribution in [0.5, 0.6) is 0 Å². The monoisotopic (exact) mass is 991 g/mol. The van der Waals surface area contributed by atoms with E-state index in [1.807, 2.05) is 91.7 Å². The number of nitrogens with one attached hydrogen (secondary N) is 1. The standard InChI is InChI=1S/C50H82N6O12S/c1-14-38-50(10,59)44-27(2)23-53-28(3)21-49(9,62-25-33(24-61-44)55-63-26-34-18-19-37(69-34)35-16-15-17-39(51)54-35)45(68-47-41(57)36(56(11)12)20-29(4)64-47)30(5)42(31(6)46(58)66-38)67-40-22-48(8,60-13)43(52)32(7)65-40/h15-19,27-32,36,38,40-45,47,53,57,59H,14,20-26,52H2,1-13H3,(H2,51,54)/b55-33+/t27-,28+,29+,30-,31+,32-,36-,38+,40-,41+,42-,43+,44-,45+,47-,48+,49+,50+/m0/s1. The molecule has 7 rings (SSSR count).